The van der Waals surface area contributed by atoms with Gasteiger partial charge in [0.2, 0.25) is 0 Å². The summed E-state index contributed by atoms with van der Waals surface area (Å²) in [5, 5.41) is 8.79. The van der Waals surface area contributed by atoms with Gasteiger partial charge in [0.25, 0.3) is 0 Å². The molecule has 0 spiro atoms. The Morgan fingerprint density at radius 1 is 1.11 bits per heavy atom. The number of rotatable bonds is 6. The van der Waals surface area contributed by atoms with Crippen molar-refractivity contribution in [2.45, 2.75) is 51.6 Å². The zero-order valence-corrected chi connectivity index (χ0v) is 15.6. The molecule has 0 amide bonds. The predicted octanol–water partition coefficient (Wildman–Crippen LogP) is 3.65. The zero-order valence-electron chi connectivity index (χ0n) is 15.6. The SMILES string of the molecule is CC(OC(=O)COc1ccc(C#N)cc1)C(=O)C12CC3CC(CC(C3)C1)C2. The van der Waals surface area contributed by atoms with Crippen LogP contribution in [0.2, 0.25) is 0 Å². The van der Waals surface area contributed by atoms with Crippen LogP contribution in [0.15, 0.2) is 24.3 Å². The summed E-state index contributed by atoms with van der Waals surface area (Å²) in [7, 11) is 0. The van der Waals surface area contributed by atoms with Gasteiger partial charge in [-0.2, -0.15) is 5.26 Å². The molecule has 0 aromatic heterocycles. The van der Waals surface area contributed by atoms with Gasteiger partial charge in [-0.3, -0.25) is 4.79 Å². The van der Waals surface area contributed by atoms with E-state index in [1.54, 1.807) is 31.2 Å². The average molecular weight is 367 g/mol. The smallest absolute Gasteiger partial charge is 0.344 e. The highest BCUT2D eigenvalue weighted by Gasteiger charge is 2.55. The maximum absolute atomic E-state index is 13.1. The van der Waals surface area contributed by atoms with Gasteiger partial charge in [-0.1, -0.05) is 0 Å². The van der Waals surface area contributed by atoms with E-state index in [4.69, 9.17) is 14.7 Å². The first-order valence-electron chi connectivity index (χ1n) is 9.84. The van der Waals surface area contributed by atoms with E-state index in [1.807, 2.05) is 6.07 Å². The molecule has 1 atom stereocenters. The second-order valence-corrected chi connectivity index (χ2v) is 8.62. The lowest BCUT2D eigenvalue weighted by molar-refractivity contribution is -0.166. The zero-order chi connectivity index (χ0) is 19.0. The lowest BCUT2D eigenvalue weighted by atomic mass is 9.48. The van der Waals surface area contributed by atoms with Crippen molar-refractivity contribution in [1.82, 2.24) is 0 Å². The molecule has 0 N–H and O–H groups in total. The molecule has 1 aromatic rings. The largest absolute Gasteiger partial charge is 0.482 e. The van der Waals surface area contributed by atoms with E-state index in [1.165, 1.54) is 19.3 Å². The highest BCUT2D eigenvalue weighted by molar-refractivity contribution is 5.90. The summed E-state index contributed by atoms with van der Waals surface area (Å²) in [6.45, 7) is 1.45. The van der Waals surface area contributed by atoms with Crippen molar-refractivity contribution in [3.63, 3.8) is 0 Å². The second-order valence-electron chi connectivity index (χ2n) is 8.62. The van der Waals surface area contributed by atoms with Crippen LogP contribution in [0.25, 0.3) is 0 Å². The van der Waals surface area contributed by atoms with Crippen LogP contribution in [-0.4, -0.2) is 24.5 Å². The summed E-state index contributed by atoms with van der Waals surface area (Å²) in [5.41, 5.74) is 0.266. The quantitative estimate of drug-likeness (QED) is 0.717. The van der Waals surface area contributed by atoms with Crippen molar-refractivity contribution in [1.29, 1.82) is 5.26 Å². The van der Waals surface area contributed by atoms with Crippen LogP contribution in [0.4, 0.5) is 0 Å². The number of esters is 1. The Hall–Kier alpha value is -2.35. The standard InChI is InChI=1S/C22H25NO4/c1-14(27-20(24)13-26-19-4-2-15(12-23)3-5-19)21(25)22-9-16-6-17(10-22)8-18(7-16)11-22/h2-5,14,16-18H,6-11,13H2,1H3. The number of ether oxygens (including phenoxy) is 2. The molecule has 4 bridgehead atoms. The van der Waals surface area contributed by atoms with Crippen LogP contribution < -0.4 is 4.74 Å². The first-order chi connectivity index (χ1) is 13.0. The minimum absolute atomic E-state index is 0.105. The summed E-state index contributed by atoms with van der Waals surface area (Å²) in [5.74, 6) is 2.11. The summed E-state index contributed by atoms with van der Waals surface area (Å²) in [6.07, 6.45) is 6.03. The van der Waals surface area contributed by atoms with Crippen molar-refractivity contribution in [2.24, 2.45) is 23.2 Å². The van der Waals surface area contributed by atoms with Crippen LogP contribution >= 0.6 is 0 Å². The summed E-state index contributed by atoms with van der Waals surface area (Å²) in [4.78, 5) is 25.3. The van der Waals surface area contributed by atoms with Gasteiger partial charge in [0, 0.05) is 5.41 Å². The van der Waals surface area contributed by atoms with Crippen LogP contribution in [0.5, 0.6) is 5.75 Å². The van der Waals surface area contributed by atoms with Gasteiger partial charge in [-0.25, -0.2) is 4.79 Å². The number of ketones is 1. The van der Waals surface area contributed by atoms with Gasteiger partial charge < -0.3 is 9.47 Å². The van der Waals surface area contributed by atoms with Crippen molar-refractivity contribution >= 4 is 11.8 Å². The Bertz CT molecular complexity index is 741. The highest BCUT2D eigenvalue weighted by atomic mass is 16.6. The van der Waals surface area contributed by atoms with Gasteiger partial charge in [-0.15, -0.1) is 0 Å². The number of nitriles is 1. The Morgan fingerprint density at radius 2 is 1.67 bits per heavy atom. The van der Waals surface area contributed by atoms with E-state index < -0.39 is 12.1 Å². The van der Waals surface area contributed by atoms with Gasteiger partial charge >= 0.3 is 5.97 Å². The fraction of sp³-hybridized carbons (Fsp3) is 0.591. The molecule has 4 saturated carbocycles. The lowest BCUT2D eigenvalue weighted by Gasteiger charge is -2.56. The second kappa shape index (κ2) is 6.99. The minimum Gasteiger partial charge on any atom is -0.482 e. The Morgan fingerprint density at radius 3 is 2.19 bits per heavy atom. The third-order valence-corrected chi connectivity index (χ3v) is 6.58. The van der Waals surface area contributed by atoms with E-state index >= 15 is 0 Å². The molecule has 5 nitrogen and oxygen atoms in total. The van der Waals surface area contributed by atoms with Crippen molar-refractivity contribution in [3.8, 4) is 11.8 Å². The van der Waals surface area contributed by atoms with E-state index in [0.717, 1.165) is 19.3 Å². The fourth-order valence-corrected chi connectivity index (χ4v) is 5.90. The number of carbonyl (C=O) groups excluding carboxylic acids is 2. The number of Topliss-reactive ketones (excluding diaryl/α,β-unsaturated/α-hetero) is 1. The molecule has 4 aliphatic rings. The van der Waals surface area contributed by atoms with E-state index in [-0.39, 0.29) is 17.8 Å². The Balaban J connectivity index is 1.31. The molecule has 0 aliphatic heterocycles. The Labute approximate surface area is 159 Å². The van der Waals surface area contributed by atoms with E-state index in [0.29, 0.717) is 29.1 Å². The minimum atomic E-state index is -0.724. The van der Waals surface area contributed by atoms with Crippen molar-refractivity contribution in [2.75, 3.05) is 6.61 Å². The normalized spacial score (nSPS) is 31.8. The molecular weight excluding hydrogens is 342 g/mol. The van der Waals surface area contributed by atoms with E-state index in [9.17, 15) is 9.59 Å². The van der Waals surface area contributed by atoms with Crippen LogP contribution in [0.3, 0.4) is 0 Å². The van der Waals surface area contributed by atoms with Crippen LogP contribution in [0.1, 0.15) is 51.0 Å². The summed E-state index contributed by atoms with van der Waals surface area (Å²) >= 11 is 0. The maximum atomic E-state index is 13.1. The summed E-state index contributed by atoms with van der Waals surface area (Å²) in [6, 6.07) is 8.55. The first kappa shape index (κ1) is 18.0. The maximum Gasteiger partial charge on any atom is 0.344 e. The van der Waals surface area contributed by atoms with Gasteiger partial charge in [0.15, 0.2) is 18.5 Å². The molecule has 0 radical (unpaired) electrons. The molecule has 0 heterocycles. The van der Waals surface area contributed by atoms with Gasteiger partial charge in [0.1, 0.15) is 5.75 Å². The molecule has 5 heteroatoms. The van der Waals surface area contributed by atoms with Crippen molar-refractivity contribution < 1.29 is 19.1 Å². The average Bonchev–Trinajstić information content (AvgIpc) is 2.65. The first-order valence-corrected chi connectivity index (χ1v) is 9.84. The monoisotopic (exact) mass is 367 g/mol. The van der Waals surface area contributed by atoms with Crippen LogP contribution in [0, 0.1) is 34.5 Å². The van der Waals surface area contributed by atoms with Gasteiger partial charge in [-0.05, 0) is 87.5 Å². The number of benzene rings is 1. The third-order valence-electron chi connectivity index (χ3n) is 6.58. The summed E-state index contributed by atoms with van der Waals surface area (Å²) < 4.78 is 10.8. The molecule has 1 unspecified atom stereocenters. The van der Waals surface area contributed by atoms with Gasteiger partial charge in [0.05, 0.1) is 11.6 Å². The Kier molecular flexibility index (Phi) is 4.67. The predicted molar refractivity (Wildman–Crippen MR) is 97.8 cm³/mol. The highest BCUT2D eigenvalue weighted by Crippen LogP contribution is 2.60. The molecule has 0 saturated heterocycles. The molecule has 27 heavy (non-hydrogen) atoms. The molecule has 5 rings (SSSR count). The lowest BCUT2D eigenvalue weighted by Crippen LogP contribution is -2.52. The van der Waals surface area contributed by atoms with Crippen molar-refractivity contribution in [3.05, 3.63) is 29.8 Å². The molecule has 4 aliphatic carbocycles. The van der Waals surface area contributed by atoms with Crippen LogP contribution in [-0.2, 0) is 14.3 Å². The molecule has 142 valence electrons. The number of carbonyl (C=O) groups is 2. The molecule has 4 fully saturated rings. The third kappa shape index (κ3) is 3.58. The molecular formula is C22H25NO4. The van der Waals surface area contributed by atoms with E-state index in [2.05, 4.69) is 0 Å². The molecule has 1 aromatic carbocycles. The fourth-order valence-electron chi connectivity index (χ4n) is 5.90. The number of hydrogen-bond acceptors (Lipinski definition) is 5. The number of nitrogens with zero attached hydrogens (tertiary/aromatic N) is 1. The number of hydrogen-bond donors (Lipinski definition) is 0. The topological polar surface area (TPSA) is 76.4 Å².